The third kappa shape index (κ3) is 2.17. The topological polar surface area (TPSA) is 27.7 Å². The van der Waals surface area contributed by atoms with E-state index in [2.05, 4.69) is 24.3 Å². The maximum atomic E-state index is 6.16. The van der Waals surface area contributed by atoms with E-state index in [0.717, 1.165) is 11.1 Å². The van der Waals surface area contributed by atoms with Gasteiger partial charge in [-0.3, -0.25) is 0 Å². The van der Waals surface area contributed by atoms with Crippen LogP contribution in [-0.4, -0.2) is 25.6 Å². The van der Waals surface area contributed by atoms with Gasteiger partial charge in [-0.25, -0.2) is 0 Å². The van der Waals surface area contributed by atoms with E-state index < -0.39 is 11.4 Å². The predicted molar refractivity (Wildman–Crippen MR) is 85.6 cm³/mol. The Morgan fingerprint density at radius 1 is 0.818 bits per heavy atom. The van der Waals surface area contributed by atoms with Crippen LogP contribution in [0.3, 0.4) is 0 Å². The second-order valence-electron chi connectivity index (χ2n) is 5.32. The quantitative estimate of drug-likeness (QED) is 0.761. The van der Waals surface area contributed by atoms with Crippen molar-refractivity contribution in [2.45, 2.75) is 25.2 Å². The average molecular weight is 298 g/mol. The van der Waals surface area contributed by atoms with Gasteiger partial charge >= 0.3 is 0 Å². The minimum absolute atomic E-state index is 0.429. The van der Waals surface area contributed by atoms with Crippen LogP contribution in [0.1, 0.15) is 25.0 Å². The van der Waals surface area contributed by atoms with E-state index in [9.17, 15) is 0 Å². The molecule has 3 heteroatoms. The maximum absolute atomic E-state index is 6.16. The van der Waals surface area contributed by atoms with Gasteiger partial charge in [0, 0.05) is 13.2 Å². The molecule has 3 nitrogen and oxygen atoms in total. The normalized spacial score (nSPS) is 18.6. The molecule has 2 aromatic rings. The molecule has 1 aliphatic rings. The van der Waals surface area contributed by atoms with Crippen LogP contribution in [0.15, 0.2) is 60.7 Å². The summed E-state index contributed by atoms with van der Waals surface area (Å²) < 4.78 is 18.3. The largest absolute Gasteiger partial charge is 0.354 e. The first-order valence-corrected chi connectivity index (χ1v) is 7.82. The zero-order valence-electron chi connectivity index (χ0n) is 13.1. The Bertz CT molecular complexity index is 549. The molecule has 1 aliphatic heterocycles. The Labute approximate surface area is 131 Å². The molecule has 22 heavy (non-hydrogen) atoms. The Morgan fingerprint density at radius 3 is 1.59 bits per heavy atom. The fourth-order valence-electron chi connectivity index (χ4n) is 3.25. The van der Waals surface area contributed by atoms with Crippen LogP contribution in [0.4, 0.5) is 0 Å². The van der Waals surface area contributed by atoms with Gasteiger partial charge in [0.1, 0.15) is 6.61 Å². The van der Waals surface area contributed by atoms with Gasteiger partial charge < -0.3 is 14.2 Å². The summed E-state index contributed by atoms with van der Waals surface area (Å²) in [6.45, 7) is 5.55. The fraction of sp³-hybridized carbons (Fsp3) is 0.368. The number of hydrogen-bond donors (Lipinski definition) is 0. The molecule has 1 fully saturated rings. The first kappa shape index (κ1) is 15.2. The van der Waals surface area contributed by atoms with Gasteiger partial charge in [-0.2, -0.15) is 0 Å². The molecule has 0 unspecified atom stereocenters. The molecule has 0 N–H and O–H groups in total. The molecule has 116 valence electrons. The molecule has 1 saturated heterocycles. The molecule has 0 aliphatic carbocycles. The summed E-state index contributed by atoms with van der Waals surface area (Å²) in [6, 6.07) is 20.4. The van der Waals surface area contributed by atoms with E-state index in [1.165, 1.54) is 0 Å². The second kappa shape index (κ2) is 6.21. The van der Waals surface area contributed by atoms with E-state index in [0.29, 0.717) is 19.8 Å². The number of rotatable bonds is 6. The van der Waals surface area contributed by atoms with Gasteiger partial charge in [0.25, 0.3) is 0 Å². The first-order chi connectivity index (χ1) is 10.8. The number of hydrogen-bond acceptors (Lipinski definition) is 3. The summed E-state index contributed by atoms with van der Waals surface area (Å²) in [7, 11) is 0. The lowest BCUT2D eigenvalue weighted by Gasteiger charge is -2.57. The second-order valence-corrected chi connectivity index (χ2v) is 5.32. The van der Waals surface area contributed by atoms with Crippen molar-refractivity contribution in [2.24, 2.45) is 0 Å². The number of ether oxygens (including phenoxy) is 3. The third-order valence-corrected chi connectivity index (χ3v) is 4.13. The molecule has 0 spiro atoms. The van der Waals surface area contributed by atoms with Crippen molar-refractivity contribution in [1.29, 1.82) is 0 Å². The van der Waals surface area contributed by atoms with Crippen molar-refractivity contribution in [2.75, 3.05) is 19.8 Å². The minimum atomic E-state index is -0.779. The highest BCUT2D eigenvalue weighted by Crippen LogP contribution is 2.53. The van der Waals surface area contributed by atoms with E-state index in [4.69, 9.17) is 14.2 Å². The Morgan fingerprint density at radius 2 is 1.27 bits per heavy atom. The smallest absolute Gasteiger partial charge is 0.230 e. The molecule has 3 rings (SSSR count). The molecule has 0 bridgehead atoms. The van der Waals surface area contributed by atoms with Gasteiger partial charge in [-0.15, -0.1) is 0 Å². The van der Waals surface area contributed by atoms with Crippen LogP contribution < -0.4 is 0 Å². The standard InChI is InChI=1S/C19H22O3/c1-3-20-18(21-4-2)15-22-19(18,16-11-7-5-8-12-16)17-13-9-6-10-14-17/h5-14H,3-4,15H2,1-2H3. The molecule has 0 atom stereocenters. The van der Waals surface area contributed by atoms with Crippen LogP contribution in [0.5, 0.6) is 0 Å². The maximum Gasteiger partial charge on any atom is 0.230 e. The zero-order valence-corrected chi connectivity index (χ0v) is 13.1. The van der Waals surface area contributed by atoms with E-state index in [-0.39, 0.29) is 0 Å². The molecular weight excluding hydrogens is 276 g/mol. The van der Waals surface area contributed by atoms with E-state index in [1.807, 2.05) is 50.2 Å². The molecule has 0 radical (unpaired) electrons. The molecule has 1 heterocycles. The molecule has 0 saturated carbocycles. The Kier molecular flexibility index (Phi) is 4.30. The van der Waals surface area contributed by atoms with Crippen LogP contribution in [0.2, 0.25) is 0 Å². The van der Waals surface area contributed by atoms with Crippen LogP contribution in [0.25, 0.3) is 0 Å². The minimum Gasteiger partial charge on any atom is -0.354 e. The lowest BCUT2D eigenvalue weighted by Crippen LogP contribution is -2.69. The summed E-state index contributed by atoms with van der Waals surface area (Å²) in [5, 5.41) is 0. The lowest BCUT2D eigenvalue weighted by atomic mass is 9.75. The van der Waals surface area contributed by atoms with Gasteiger partial charge in [0.2, 0.25) is 5.79 Å². The highest BCUT2D eigenvalue weighted by molar-refractivity contribution is 5.42. The van der Waals surface area contributed by atoms with Crippen molar-refractivity contribution in [3.8, 4) is 0 Å². The summed E-state index contributed by atoms with van der Waals surface area (Å²) in [6.07, 6.45) is 0. The van der Waals surface area contributed by atoms with Gasteiger partial charge in [-0.1, -0.05) is 60.7 Å². The Balaban J connectivity index is 2.16. The van der Waals surface area contributed by atoms with Crippen molar-refractivity contribution in [3.05, 3.63) is 71.8 Å². The van der Waals surface area contributed by atoms with Gasteiger partial charge in [-0.05, 0) is 25.0 Å². The SMILES string of the molecule is CCOC1(OCC)COC1(c1ccccc1)c1ccccc1. The molecule has 0 amide bonds. The summed E-state index contributed by atoms with van der Waals surface area (Å²) in [5.74, 6) is -0.779. The van der Waals surface area contributed by atoms with Gasteiger partial charge in [0.15, 0.2) is 5.60 Å². The summed E-state index contributed by atoms with van der Waals surface area (Å²) >= 11 is 0. The first-order valence-electron chi connectivity index (χ1n) is 7.82. The van der Waals surface area contributed by atoms with Crippen LogP contribution >= 0.6 is 0 Å². The van der Waals surface area contributed by atoms with Crippen molar-refractivity contribution in [3.63, 3.8) is 0 Å². The van der Waals surface area contributed by atoms with Gasteiger partial charge in [0.05, 0.1) is 0 Å². The highest BCUT2D eigenvalue weighted by atomic mass is 16.8. The van der Waals surface area contributed by atoms with E-state index >= 15 is 0 Å². The molecule has 0 aromatic heterocycles. The predicted octanol–water partition coefficient (Wildman–Crippen LogP) is 3.73. The highest BCUT2D eigenvalue weighted by Gasteiger charge is 2.65. The Hall–Kier alpha value is -1.68. The average Bonchev–Trinajstić information content (AvgIpc) is 2.56. The molecule has 2 aromatic carbocycles. The van der Waals surface area contributed by atoms with Crippen molar-refractivity contribution in [1.82, 2.24) is 0 Å². The van der Waals surface area contributed by atoms with Crippen molar-refractivity contribution < 1.29 is 14.2 Å². The van der Waals surface area contributed by atoms with Crippen LogP contribution in [-0.2, 0) is 19.8 Å². The fourth-order valence-corrected chi connectivity index (χ4v) is 3.25. The summed E-state index contributed by atoms with van der Waals surface area (Å²) in [4.78, 5) is 0. The van der Waals surface area contributed by atoms with Crippen LogP contribution in [0, 0.1) is 0 Å². The third-order valence-electron chi connectivity index (χ3n) is 4.13. The van der Waals surface area contributed by atoms with E-state index in [1.54, 1.807) is 0 Å². The molecular formula is C19H22O3. The van der Waals surface area contributed by atoms with Crippen molar-refractivity contribution >= 4 is 0 Å². The summed E-state index contributed by atoms with van der Waals surface area (Å²) in [5.41, 5.74) is 1.38. The lowest BCUT2D eigenvalue weighted by molar-refractivity contribution is -0.416. The zero-order chi connectivity index (χ0) is 15.5. The monoisotopic (exact) mass is 298 g/mol. The number of benzene rings is 2.